The molecular weight excluding hydrogens is 386 g/mol. The topological polar surface area (TPSA) is 70.3 Å². The monoisotopic (exact) mass is 415 g/mol. The SMILES string of the molecule is CCOC(=O)C(C#N)=Cc1ccc2c(c1)CC1(C2)Cc2cc(CC)c(C(C)O)cc2C1. The number of carbonyl (C=O) groups is 1. The van der Waals surface area contributed by atoms with Crippen LogP contribution in [0.5, 0.6) is 0 Å². The fourth-order valence-corrected chi connectivity index (χ4v) is 5.36. The molecule has 0 heterocycles. The number of fused-ring (bicyclic) bond motifs is 2. The zero-order chi connectivity index (χ0) is 22.2. The van der Waals surface area contributed by atoms with E-state index in [-0.39, 0.29) is 17.6 Å². The first-order valence-electron chi connectivity index (χ1n) is 11.1. The van der Waals surface area contributed by atoms with Gasteiger partial charge in [0, 0.05) is 0 Å². The van der Waals surface area contributed by atoms with Crippen LogP contribution in [0, 0.1) is 16.7 Å². The van der Waals surface area contributed by atoms with Crippen molar-refractivity contribution in [2.45, 2.75) is 59.0 Å². The Morgan fingerprint density at radius 1 is 1.13 bits per heavy atom. The van der Waals surface area contributed by atoms with Crippen LogP contribution in [0.25, 0.3) is 6.08 Å². The highest BCUT2D eigenvalue weighted by Crippen LogP contribution is 2.48. The minimum atomic E-state index is -0.575. The average molecular weight is 416 g/mol. The van der Waals surface area contributed by atoms with Gasteiger partial charge in [0.15, 0.2) is 0 Å². The molecular formula is C27H29NO3. The number of ether oxygens (including phenoxy) is 1. The van der Waals surface area contributed by atoms with Gasteiger partial charge < -0.3 is 9.84 Å². The molecule has 0 aliphatic heterocycles. The second-order valence-corrected chi connectivity index (χ2v) is 8.97. The largest absolute Gasteiger partial charge is 0.462 e. The quantitative estimate of drug-likeness (QED) is 0.438. The Kier molecular flexibility index (Phi) is 5.73. The molecule has 2 aromatic rings. The predicted molar refractivity (Wildman–Crippen MR) is 120 cm³/mol. The van der Waals surface area contributed by atoms with Crippen LogP contribution in [0.15, 0.2) is 35.9 Å². The molecule has 2 aliphatic carbocycles. The first-order valence-corrected chi connectivity index (χ1v) is 11.1. The second-order valence-electron chi connectivity index (χ2n) is 8.97. The molecule has 0 fully saturated rings. The van der Waals surface area contributed by atoms with Crippen molar-refractivity contribution in [2.75, 3.05) is 6.61 Å². The van der Waals surface area contributed by atoms with Gasteiger partial charge in [-0.15, -0.1) is 0 Å². The van der Waals surface area contributed by atoms with Crippen molar-refractivity contribution in [3.63, 3.8) is 0 Å². The lowest BCUT2D eigenvalue weighted by molar-refractivity contribution is -0.137. The highest BCUT2D eigenvalue weighted by molar-refractivity contribution is 5.97. The van der Waals surface area contributed by atoms with Crippen LogP contribution in [-0.4, -0.2) is 17.7 Å². The Bertz CT molecular complexity index is 1110. The van der Waals surface area contributed by atoms with Crippen LogP contribution < -0.4 is 0 Å². The Hall–Kier alpha value is -2.90. The number of rotatable bonds is 5. The number of carbonyl (C=O) groups excluding carboxylic acids is 1. The summed E-state index contributed by atoms with van der Waals surface area (Å²) in [5, 5.41) is 19.5. The third-order valence-electron chi connectivity index (χ3n) is 6.71. The van der Waals surface area contributed by atoms with Crippen LogP contribution >= 0.6 is 0 Å². The van der Waals surface area contributed by atoms with E-state index in [9.17, 15) is 15.2 Å². The van der Waals surface area contributed by atoms with E-state index < -0.39 is 12.1 Å². The maximum absolute atomic E-state index is 11.9. The molecule has 2 unspecified atom stereocenters. The normalized spacial score (nSPS) is 20.3. The molecule has 0 radical (unpaired) electrons. The van der Waals surface area contributed by atoms with Crippen LogP contribution in [0.2, 0.25) is 0 Å². The Balaban J connectivity index is 1.59. The molecule has 0 saturated heterocycles. The number of aliphatic hydroxyl groups is 1. The van der Waals surface area contributed by atoms with Gasteiger partial charge >= 0.3 is 5.97 Å². The van der Waals surface area contributed by atoms with E-state index in [1.165, 1.54) is 27.8 Å². The van der Waals surface area contributed by atoms with Crippen molar-refractivity contribution in [1.82, 2.24) is 0 Å². The summed E-state index contributed by atoms with van der Waals surface area (Å²) in [6.07, 6.45) is 6.22. The Labute approximate surface area is 184 Å². The lowest BCUT2D eigenvalue weighted by Crippen LogP contribution is -2.21. The first kappa shape index (κ1) is 21.3. The van der Waals surface area contributed by atoms with E-state index in [1.807, 2.05) is 19.1 Å². The van der Waals surface area contributed by atoms with Crippen LogP contribution in [0.4, 0.5) is 0 Å². The summed E-state index contributed by atoms with van der Waals surface area (Å²) in [6, 6.07) is 12.7. The van der Waals surface area contributed by atoms with E-state index in [4.69, 9.17) is 4.74 Å². The van der Waals surface area contributed by atoms with E-state index in [1.54, 1.807) is 13.0 Å². The summed E-state index contributed by atoms with van der Waals surface area (Å²) >= 11 is 0. The van der Waals surface area contributed by atoms with Crippen molar-refractivity contribution in [3.8, 4) is 6.07 Å². The lowest BCUT2D eigenvalue weighted by Gasteiger charge is -2.21. The van der Waals surface area contributed by atoms with Gasteiger partial charge in [0.25, 0.3) is 0 Å². The minimum absolute atomic E-state index is 0.0283. The van der Waals surface area contributed by atoms with Crippen molar-refractivity contribution >= 4 is 12.0 Å². The molecule has 0 saturated carbocycles. The van der Waals surface area contributed by atoms with E-state index in [2.05, 4.69) is 31.2 Å². The van der Waals surface area contributed by atoms with E-state index in [0.29, 0.717) is 0 Å². The number of aliphatic hydroxyl groups excluding tert-OH is 1. The van der Waals surface area contributed by atoms with Gasteiger partial charge in [-0.05, 0) is 96.4 Å². The standard InChI is InChI=1S/C27H29NO3/c1-4-19-10-22-14-27(15-23(22)11-25(19)17(3)29)12-20-7-6-18(8-21(20)13-27)9-24(16-28)26(30)31-5-2/h6-11,17,29H,4-5,12-15H2,1-3H3. The number of nitriles is 1. The highest BCUT2D eigenvalue weighted by atomic mass is 16.5. The van der Waals surface area contributed by atoms with Crippen LogP contribution in [0.3, 0.4) is 0 Å². The lowest BCUT2D eigenvalue weighted by atomic mass is 9.82. The van der Waals surface area contributed by atoms with Gasteiger partial charge in [0.2, 0.25) is 0 Å². The van der Waals surface area contributed by atoms with Gasteiger partial charge in [-0.1, -0.05) is 37.3 Å². The summed E-state index contributed by atoms with van der Waals surface area (Å²) in [5.74, 6) is -0.575. The molecule has 4 nitrogen and oxygen atoms in total. The fourth-order valence-electron chi connectivity index (χ4n) is 5.36. The van der Waals surface area contributed by atoms with Gasteiger partial charge in [0.05, 0.1) is 12.7 Å². The maximum atomic E-state index is 11.9. The summed E-state index contributed by atoms with van der Waals surface area (Å²) in [4.78, 5) is 11.9. The van der Waals surface area contributed by atoms with Gasteiger partial charge in [0.1, 0.15) is 11.6 Å². The summed E-state index contributed by atoms with van der Waals surface area (Å²) < 4.78 is 4.97. The number of hydrogen-bond donors (Lipinski definition) is 1. The van der Waals surface area contributed by atoms with Crippen molar-refractivity contribution < 1.29 is 14.6 Å². The van der Waals surface area contributed by atoms with Gasteiger partial charge in [-0.3, -0.25) is 0 Å². The minimum Gasteiger partial charge on any atom is -0.462 e. The third kappa shape index (κ3) is 4.03. The Morgan fingerprint density at radius 3 is 2.39 bits per heavy atom. The summed E-state index contributed by atoms with van der Waals surface area (Å²) in [6.45, 7) is 5.97. The zero-order valence-electron chi connectivity index (χ0n) is 18.5. The maximum Gasteiger partial charge on any atom is 0.348 e. The average Bonchev–Trinajstić information content (AvgIpc) is 3.27. The number of nitrogens with zero attached hydrogens (tertiary/aromatic N) is 1. The van der Waals surface area contributed by atoms with E-state index in [0.717, 1.165) is 43.2 Å². The number of hydrogen-bond acceptors (Lipinski definition) is 4. The third-order valence-corrected chi connectivity index (χ3v) is 6.71. The Morgan fingerprint density at radius 2 is 1.77 bits per heavy atom. The molecule has 1 N–H and O–H groups in total. The molecule has 160 valence electrons. The smallest absolute Gasteiger partial charge is 0.348 e. The molecule has 4 heteroatoms. The van der Waals surface area contributed by atoms with Gasteiger partial charge in [-0.2, -0.15) is 5.26 Å². The molecule has 31 heavy (non-hydrogen) atoms. The molecule has 1 spiro atoms. The molecule has 2 atom stereocenters. The van der Waals surface area contributed by atoms with Crippen molar-refractivity contribution in [1.29, 1.82) is 5.26 Å². The van der Waals surface area contributed by atoms with Crippen LogP contribution in [-0.2, 0) is 41.6 Å². The molecule has 0 amide bonds. The number of aryl methyl sites for hydroxylation is 1. The van der Waals surface area contributed by atoms with Crippen LogP contribution in [0.1, 0.15) is 65.8 Å². The number of esters is 1. The molecule has 4 rings (SSSR count). The predicted octanol–water partition coefficient (Wildman–Crippen LogP) is 4.66. The second kappa shape index (κ2) is 8.32. The van der Waals surface area contributed by atoms with Crippen molar-refractivity contribution in [3.05, 3.63) is 74.8 Å². The highest BCUT2D eigenvalue weighted by Gasteiger charge is 2.42. The molecule has 0 bridgehead atoms. The van der Waals surface area contributed by atoms with Crippen molar-refractivity contribution in [2.24, 2.45) is 5.41 Å². The van der Waals surface area contributed by atoms with E-state index >= 15 is 0 Å². The summed E-state index contributed by atoms with van der Waals surface area (Å²) in [7, 11) is 0. The number of benzene rings is 2. The van der Waals surface area contributed by atoms with Gasteiger partial charge in [-0.25, -0.2) is 4.79 Å². The molecule has 2 aliphatic rings. The molecule has 2 aromatic carbocycles. The first-order chi connectivity index (χ1) is 14.9. The summed E-state index contributed by atoms with van der Waals surface area (Å²) in [5.41, 5.74) is 8.83. The zero-order valence-corrected chi connectivity index (χ0v) is 18.5. The fraction of sp³-hybridized carbons (Fsp3) is 0.407. The molecule has 0 aromatic heterocycles.